The summed E-state index contributed by atoms with van der Waals surface area (Å²) in [6, 6.07) is 0. The van der Waals surface area contributed by atoms with E-state index in [1.54, 1.807) is 0 Å². The summed E-state index contributed by atoms with van der Waals surface area (Å²) in [5, 5.41) is 0. The summed E-state index contributed by atoms with van der Waals surface area (Å²) in [5.74, 6) is 1.50. The Hall–Kier alpha value is -0.370. The van der Waals surface area contributed by atoms with Crippen molar-refractivity contribution in [2.75, 3.05) is 6.61 Å². The van der Waals surface area contributed by atoms with Crippen LogP contribution in [-0.2, 0) is 9.53 Å². The molecule has 2 atom stereocenters. The fraction of sp³-hybridized carbons (Fsp3) is 0.941. The summed E-state index contributed by atoms with van der Waals surface area (Å²) in [4.78, 5) is 13.0. The lowest BCUT2D eigenvalue weighted by atomic mass is 9.70. The molecule has 110 valence electrons. The van der Waals surface area contributed by atoms with Crippen LogP contribution in [0.1, 0.15) is 78.1 Å². The van der Waals surface area contributed by atoms with Gasteiger partial charge in [-0.3, -0.25) is 4.79 Å². The molecule has 2 nitrogen and oxygen atoms in total. The number of hydrogen-bond donors (Lipinski definition) is 0. The molecule has 2 aliphatic carbocycles. The second-order valence-corrected chi connectivity index (χ2v) is 6.49. The molecule has 2 aliphatic rings. The van der Waals surface area contributed by atoms with Crippen molar-refractivity contribution < 1.29 is 9.53 Å². The molecule has 0 aromatic rings. The Morgan fingerprint density at radius 1 is 1.11 bits per heavy atom. The molecule has 0 heterocycles. The second-order valence-electron chi connectivity index (χ2n) is 6.49. The molecule has 0 aromatic carbocycles. The summed E-state index contributed by atoms with van der Waals surface area (Å²) < 4.78 is 6.00. The maximum absolute atomic E-state index is 13.0. The maximum atomic E-state index is 13.0. The van der Waals surface area contributed by atoms with Gasteiger partial charge in [-0.05, 0) is 38.5 Å². The van der Waals surface area contributed by atoms with E-state index in [9.17, 15) is 4.79 Å². The van der Waals surface area contributed by atoms with E-state index in [0.29, 0.717) is 12.4 Å². The Bertz CT molecular complexity index is 286. The molecule has 0 aromatic heterocycles. The quantitative estimate of drug-likeness (QED) is 0.731. The van der Waals surface area contributed by atoms with Gasteiger partial charge < -0.3 is 4.74 Å². The topological polar surface area (TPSA) is 26.3 Å². The van der Waals surface area contributed by atoms with Crippen LogP contribution in [0.3, 0.4) is 0 Å². The van der Waals surface area contributed by atoms with E-state index in [1.165, 1.54) is 25.7 Å². The van der Waals surface area contributed by atoms with Crippen LogP contribution < -0.4 is 0 Å². The predicted molar refractivity (Wildman–Crippen MR) is 78.2 cm³/mol. The smallest absolute Gasteiger partial charge is 0.167 e. The molecule has 0 bridgehead atoms. The van der Waals surface area contributed by atoms with Crippen LogP contribution in [0.25, 0.3) is 0 Å². The van der Waals surface area contributed by atoms with E-state index in [2.05, 4.69) is 6.92 Å². The van der Waals surface area contributed by atoms with Crippen molar-refractivity contribution in [2.45, 2.75) is 83.7 Å². The van der Waals surface area contributed by atoms with Gasteiger partial charge in [-0.25, -0.2) is 0 Å². The summed E-state index contributed by atoms with van der Waals surface area (Å²) in [6.45, 7) is 4.96. The van der Waals surface area contributed by atoms with Crippen LogP contribution in [0.15, 0.2) is 0 Å². The van der Waals surface area contributed by atoms with E-state index in [0.717, 1.165) is 44.4 Å². The van der Waals surface area contributed by atoms with Gasteiger partial charge in [0.15, 0.2) is 5.78 Å². The molecular weight excluding hydrogens is 236 g/mol. The lowest BCUT2D eigenvalue weighted by Gasteiger charge is -2.40. The number of carbonyl (C=O) groups excluding carboxylic acids is 1. The molecule has 2 saturated carbocycles. The predicted octanol–water partition coefficient (Wildman–Crippen LogP) is 4.51. The summed E-state index contributed by atoms with van der Waals surface area (Å²) in [6.07, 6.45) is 11.5. The van der Waals surface area contributed by atoms with Gasteiger partial charge in [0.05, 0.1) is 0 Å². The Morgan fingerprint density at radius 3 is 2.47 bits per heavy atom. The molecule has 19 heavy (non-hydrogen) atoms. The minimum Gasteiger partial charge on any atom is -0.367 e. The van der Waals surface area contributed by atoms with Crippen molar-refractivity contribution in [3.8, 4) is 0 Å². The standard InChI is InChI=1S/C17H30O2/c1-3-14-9-8-10-15(13-14)16(18)17(19-4-2)11-6-5-7-12-17/h14-15H,3-13H2,1-2H3. The van der Waals surface area contributed by atoms with Gasteiger partial charge in [0.25, 0.3) is 0 Å². The molecule has 2 fully saturated rings. The number of ether oxygens (including phenoxy) is 1. The van der Waals surface area contributed by atoms with Gasteiger partial charge >= 0.3 is 0 Å². The number of rotatable bonds is 5. The summed E-state index contributed by atoms with van der Waals surface area (Å²) in [5.41, 5.74) is -0.409. The van der Waals surface area contributed by atoms with Crippen LogP contribution in [0.5, 0.6) is 0 Å². The van der Waals surface area contributed by atoms with Gasteiger partial charge in [-0.15, -0.1) is 0 Å². The van der Waals surface area contributed by atoms with E-state index in [-0.39, 0.29) is 5.92 Å². The molecular formula is C17H30O2. The Balaban J connectivity index is 2.05. The first-order chi connectivity index (χ1) is 9.22. The molecule has 0 spiro atoms. The first-order valence-electron chi connectivity index (χ1n) is 8.40. The zero-order valence-corrected chi connectivity index (χ0v) is 12.7. The SMILES string of the molecule is CCOC1(C(=O)C2CCCC(CC)C2)CCCCC1. The van der Waals surface area contributed by atoms with Crippen molar-refractivity contribution in [1.29, 1.82) is 0 Å². The van der Waals surface area contributed by atoms with Gasteiger partial charge in [0, 0.05) is 12.5 Å². The Morgan fingerprint density at radius 2 is 1.84 bits per heavy atom. The molecule has 0 radical (unpaired) electrons. The average molecular weight is 266 g/mol. The first-order valence-corrected chi connectivity index (χ1v) is 8.40. The lowest BCUT2D eigenvalue weighted by Crippen LogP contribution is -2.47. The van der Waals surface area contributed by atoms with Crippen LogP contribution in [0.4, 0.5) is 0 Å². The normalized spacial score (nSPS) is 31.1. The highest BCUT2D eigenvalue weighted by Gasteiger charge is 2.44. The first kappa shape index (κ1) is 15.0. The van der Waals surface area contributed by atoms with Crippen molar-refractivity contribution in [3.05, 3.63) is 0 Å². The van der Waals surface area contributed by atoms with Crippen molar-refractivity contribution in [3.63, 3.8) is 0 Å². The van der Waals surface area contributed by atoms with Crippen LogP contribution in [0.2, 0.25) is 0 Å². The highest BCUT2D eigenvalue weighted by Crippen LogP contribution is 2.40. The van der Waals surface area contributed by atoms with Crippen LogP contribution in [-0.4, -0.2) is 18.0 Å². The summed E-state index contributed by atoms with van der Waals surface area (Å²) >= 11 is 0. The number of Topliss-reactive ketones (excluding diaryl/α,β-unsaturated/α-hetero) is 1. The monoisotopic (exact) mass is 266 g/mol. The molecule has 2 heteroatoms. The molecule has 2 unspecified atom stereocenters. The third-order valence-electron chi connectivity index (χ3n) is 5.26. The third kappa shape index (κ3) is 3.39. The van der Waals surface area contributed by atoms with E-state index >= 15 is 0 Å². The highest BCUT2D eigenvalue weighted by atomic mass is 16.5. The van der Waals surface area contributed by atoms with E-state index in [1.807, 2.05) is 6.92 Å². The fourth-order valence-corrected chi connectivity index (χ4v) is 4.13. The molecule has 0 aliphatic heterocycles. The molecule has 0 N–H and O–H groups in total. The number of ketones is 1. The Kier molecular flexibility index (Phi) is 5.44. The zero-order valence-electron chi connectivity index (χ0n) is 12.7. The van der Waals surface area contributed by atoms with Crippen molar-refractivity contribution in [2.24, 2.45) is 11.8 Å². The molecule has 0 saturated heterocycles. The van der Waals surface area contributed by atoms with Gasteiger partial charge in [0.2, 0.25) is 0 Å². The average Bonchev–Trinajstić information content (AvgIpc) is 2.48. The lowest BCUT2D eigenvalue weighted by molar-refractivity contribution is -0.155. The zero-order chi connectivity index (χ0) is 13.7. The minimum atomic E-state index is -0.409. The molecule has 0 amide bonds. The van der Waals surface area contributed by atoms with Gasteiger partial charge in [-0.1, -0.05) is 45.4 Å². The van der Waals surface area contributed by atoms with E-state index < -0.39 is 5.60 Å². The minimum absolute atomic E-state index is 0.281. The molecule has 2 rings (SSSR count). The van der Waals surface area contributed by atoms with Gasteiger partial charge in [-0.2, -0.15) is 0 Å². The van der Waals surface area contributed by atoms with Crippen LogP contribution >= 0.6 is 0 Å². The number of carbonyl (C=O) groups is 1. The third-order valence-corrected chi connectivity index (χ3v) is 5.26. The van der Waals surface area contributed by atoms with Crippen molar-refractivity contribution >= 4 is 5.78 Å². The largest absolute Gasteiger partial charge is 0.367 e. The Labute approximate surface area is 118 Å². The second kappa shape index (κ2) is 6.88. The fourth-order valence-electron chi connectivity index (χ4n) is 4.13. The highest BCUT2D eigenvalue weighted by molar-refractivity contribution is 5.89. The van der Waals surface area contributed by atoms with Crippen molar-refractivity contribution in [1.82, 2.24) is 0 Å². The maximum Gasteiger partial charge on any atom is 0.167 e. The summed E-state index contributed by atoms with van der Waals surface area (Å²) in [7, 11) is 0. The van der Waals surface area contributed by atoms with Crippen LogP contribution in [0, 0.1) is 11.8 Å². The number of hydrogen-bond acceptors (Lipinski definition) is 2. The van der Waals surface area contributed by atoms with Gasteiger partial charge in [0.1, 0.15) is 5.60 Å². The van der Waals surface area contributed by atoms with E-state index in [4.69, 9.17) is 4.74 Å².